The number of benzene rings is 1. The van der Waals surface area contributed by atoms with Crippen LogP contribution in [-0.4, -0.2) is 14.3 Å². The maximum atomic E-state index is 11.5. The number of nitrogen functional groups attached to an aromatic ring is 1. The first kappa shape index (κ1) is 11.8. The molecule has 0 radical (unpaired) electrons. The SMILES string of the molecule is C[Si](C)(C)OC(=O)Cc1ccc(N)cc1. The van der Waals surface area contributed by atoms with E-state index in [9.17, 15) is 4.79 Å². The van der Waals surface area contributed by atoms with Crippen LogP contribution in [0.1, 0.15) is 5.56 Å². The molecular formula is C11H17NO2Si. The van der Waals surface area contributed by atoms with E-state index in [-0.39, 0.29) is 5.97 Å². The summed E-state index contributed by atoms with van der Waals surface area (Å²) in [5.41, 5.74) is 7.19. The number of anilines is 1. The molecule has 1 aromatic rings. The smallest absolute Gasteiger partial charge is 0.296 e. The summed E-state index contributed by atoms with van der Waals surface area (Å²) in [7, 11) is -1.76. The van der Waals surface area contributed by atoms with Crippen molar-refractivity contribution in [3.63, 3.8) is 0 Å². The van der Waals surface area contributed by atoms with Gasteiger partial charge in [0, 0.05) is 5.69 Å². The lowest BCUT2D eigenvalue weighted by Gasteiger charge is -2.17. The molecule has 0 saturated carbocycles. The van der Waals surface area contributed by atoms with Crippen molar-refractivity contribution in [2.24, 2.45) is 0 Å². The summed E-state index contributed by atoms with van der Waals surface area (Å²) >= 11 is 0. The quantitative estimate of drug-likeness (QED) is 0.631. The third kappa shape index (κ3) is 4.65. The lowest BCUT2D eigenvalue weighted by atomic mass is 10.1. The highest BCUT2D eigenvalue weighted by Crippen LogP contribution is 2.09. The second-order valence-electron chi connectivity index (χ2n) is 4.50. The monoisotopic (exact) mass is 223 g/mol. The number of rotatable bonds is 3. The zero-order chi connectivity index (χ0) is 11.5. The molecule has 4 heteroatoms. The Labute approximate surface area is 91.4 Å². The van der Waals surface area contributed by atoms with Crippen LogP contribution in [0.25, 0.3) is 0 Å². The molecular weight excluding hydrogens is 206 g/mol. The molecule has 82 valence electrons. The predicted octanol–water partition coefficient (Wildman–Crippen LogP) is 2.19. The average molecular weight is 223 g/mol. The van der Waals surface area contributed by atoms with Crippen molar-refractivity contribution in [3.05, 3.63) is 29.8 Å². The van der Waals surface area contributed by atoms with Crippen molar-refractivity contribution in [1.29, 1.82) is 0 Å². The summed E-state index contributed by atoms with van der Waals surface area (Å²) in [5, 5.41) is 0. The van der Waals surface area contributed by atoms with Crippen molar-refractivity contribution in [3.8, 4) is 0 Å². The third-order valence-electron chi connectivity index (χ3n) is 1.75. The van der Waals surface area contributed by atoms with Gasteiger partial charge in [-0.15, -0.1) is 0 Å². The molecule has 0 aliphatic rings. The number of hydrogen-bond donors (Lipinski definition) is 1. The van der Waals surface area contributed by atoms with E-state index < -0.39 is 8.32 Å². The minimum atomic E-state index is -1.76. The van der Waals surface area contributed by atoms with Crippen LogP contribution in [0.3, 0.4) is 0 Å². The molecule has 3 nitrogen and oxygen atoms in total. The summed E-state index contributed by atoms with van der Waals surface area (Å²) < 4.78 is 5.34. The van der Waals surface area contributed by atoms with Crippen LogP contribution in [0.15, 0.2) is 24.3 Å². The molecule has 0 saturated heterocycles. The van der Waals surface area contributed by atoms with E-state index >= 15 is 0 Å². The minimum Gasteiger partial charge on any atom is -0.520 e. The van der Waals surface area contributed by atoms with Gasteiger partial charge in [0.15, 0.2) is 0 Å². The van der Waals surface area contributed by atoms with Gasteiger partial charge < -0.3 is 10.2 Å². The van der Waals surface area contributed by atoms with E-state index in [1.165, 1.54) is 0 Å². The Bertz CT molecular complexity index is 341. The van der Waals surface area contributed by atoms with Crippen LogP contribution in [0, 0.1) is 0 Å². The lowest BCUT2D eigenvalue weighted by molar-refractivity contribution is -0.134. The Morgan fingerprint density at radius 3 is 2.27 bits per heavy atom. The van der Waals surface area contributed by atoms with Gasteiger partial charge in [-0.1, -0.05) is 12.1 Å². The van der Waals surface area contributed by atoms with E-state index in [2.05, 4.69) is 0 Å². The van der Waals surface area contributed by atoms with E-state index in [1.807, 2.05) is 31.8 Å². The van der Waals surface area contributed by atoms with Gasteiger partial charge in [0.25, 0.3) is 5.97 Å². The topological polar surface area (TPSA) is 52.3 Å². The van der Waals surface area contributed by atoms with Crippen molar-refractivity contribution in [2.45, 2.75) is 26.1 Å². The highest BCUT2D eigenvalue weighted by atomic mass is 28.4. The Morgan fingerprint density at radius 1 is 1.27 bits per heavy atom. The molecule has 0 heterocycles. The molecule has 0 aliphatic heterocycles. The Hall–Kier alpha value is -1.29. The third-order valence-corrected chi connectivity index (χ3v) is 2.59. The zero-order valence-electron chi connectivity index (χ0n) is 9.41. The number of hydrogen-bond acceptors (Lipinski definition) is 3. The van der Waals surface area contributed by atoms with Gasteiger partial charge in [0.1, 0.15) is 0 Å². The fourth-order valence-corrected chi connectivity index (χ4v) is 1.93. The van der Waals surface area contributed by atoms with Crippen molar-refractivity contribution >= 4 is 20.0 Å². The fourth-order valence-electron chi connectivity index (χ4n) is 1.18. The Morgan fingerprint density at radius 2 is 1.80 bits per heavy atom. The summed E-state index contributed by atoms with van der Waals surface area (Å²) in [6.07, 6.45) is 0.324. The standard InChI is InChI=1S/C11H17NO2Si/c1-15(2,3)14-11(13)8-9-4-6-10(12)7-5-9/h4-7H,8,12H2,1-3H3. The fraction of sp³-hybridized carbons (Fsp3) is 0.364. The number of carbonyl (C=O) groups excluding carboxylic acids is 1. The number of nitrogens with two attached hydrogens (primary N) is 1. The van der Waals surface area contributed by atoms with Crippen molar-refractivity contribution < 1.29 is 9.22 Å². The number of carbonyl (C=O) groups is 1. The molecule has 0 spiro atoms. The molecule has 0 unspecified atom stereocenters. The molecule has 0 atom stereocenters. The summed E-state index contributed by atoms with van der Waals surface area (Å²) in [4.78, 5) is 11.5. The van der Waals surface area contributed by atoms with E-state index in [4.69, 9.17) is 10.2 Å². The van der Waals surface area contributed by atoms with Crippen molar-refractivity contribution in [2.75, 3.05) is 5.73 Å². The van der Waals surface area contributed by atoms with E-state index in [0.29, 0.717) is 12.1 Å². The van der Waals surface area contributed by atoms with Gasteiger partial charge in [0.05, 0.1) is 6.42 Å². The van der Waals surface area contributed by atoms with Crippen molar-refractivity contribution in [1.82, 2.24) is 0 Å². The molecule has 0 aromatic heterocycles. The zero-order valence-corrected chi connectivity index (χ0v) is 10.4. The van der Waals surface area contributed by atoms with Gasteiger partial charge in [-0.3, -0.25) is 4.79 Å². The highest BCUT2D eigenvalue weighted by Gasteiger charge is 2.19. The summed E-state index contributed by atoms with van der Waals surface area (Å²) in [5.74, 6) is -0.154. The molecule has 1 aromatic carbocycles. The molecule has 0 aliphatic carbocycles. The molecule has 15 heavy (non-hydrogen) atoms. The lowest BCUT2D eigenvalue weighted by Crippen LogP contribution is -2.29. The van der Waals surface area contributed by atoms with Crippen LogP contribution in [0.4, 0.5) is 5.69 Å². The Kier molecular flexibility index (Phi) is 3.52. The summed E-state index contributed by atoms with van der Waals surface area (Å²) in [6.45, 7) is 5.98. The molecule has 2 N–H and O–H groups in total. The maximum Gasteiger partial charge on any atom is 0.296 e. The van der Waals surface area contributed by atoms with Crippen LogP contribution in [0.5, 0.6) is 0 Å². The largest absolute Gasteiger partial charge is 0.520 e. The van der Waals surface area contributed by atoms with Gasteiger partial charge in [-0.25, -0.2) is 0 Å². The van der Waals surface area contributed by atoms with E-state index in [1.54, 1.807) is 12.1 Å². The minimum absolute atomic E-state index is 0.154. The first-order chi connectivity index (χ1) is 6.87. The molecule has 0 fully saturated rings. The Balaban J connectivity index is 2.55. The first-order valence-corrected chi connectivity index (χ1v) is 8.34. The van der Waals surface area contributed by atoms with Crippen LogP contribution in [0.2, 0.25) is 19.6 Å². The van der Waals surface area contributed by atoms with Gasteiger partial charge in [0.2, 0.25) is 8.32 Å². The van der Waals surface area contributed by atoms with Crippen LogP contribution in [-0.2, 0) is 15.6 Å². The molecule has 0 bridgehead atoms. The normalized spacial score (nSPS) is 11.1. The highest BCUT2D eigenvalue weighted by molar-refractivity contribution is 6.71. The summed E-state index contributed by atoms with van der Waals surface area (Å²) in [6, 6.07) is 7.27. The second kappa shape index (κ2) is 4.48. The average Bonchev–Trinajstić information content (AvgIpc) is 2.05. The molecule has 1 rings (SSSR count). The second-order valence-corrected chi connectivity index (χ2v) is 8.93. The molecule has 0 amide bonds. The van der Waals surface area contributed by atoms with Gasteiger partial charge in [-0.2, -0.15) is 0 Å². The maximum absolute atomic E-state index is 11.5. The predicted molar refractivity (Wildman–Crippen MR) is 64.0 cm³/mol. The van der Waals surface area contributed by atoms with Crippen LogP contribution < -0.4 is 5.73 Å². The first-order valence-electron chi connectivity index (χ1n) is 4.93. The van der Waals surface area contributed by atoms with Gasteiger partial charge >= 0.3 is 0 Å². The van der Waals surface area contributed by atoms with Crippen LogP contribution >= 0.6 is 0 Å². The van der Waals surface area contributed by atoms with Gasteiger partial charge in [-0.05, 0) is 37.3 Å². The van der Waals surface area contributed by atoms with E-state index in [0.717, 1.165) is 5.56 Å².